The minimum atomic E-state index is -5.11. The number of alkyl halides is 1. The molecule has 3 aromatic rings. The zero-order valence-corrected chi connectivity index (χ0v) is 28.9. The quantitative estimate of drug-likeness (QED) is 0.109. The van der Waals surface area contributed by atoms with Gasteiger partial charge in [0.1, 0.15) is 48.5 Å². The van der Waals surface area contributed by atoms with Gasteiger partial charge in [0.05, 0.1) is 11.1 Å². The molecule has 7 N–H and O–H groups in total. The number of nitrogen functional groups attached to an aromatic ring is 1. The van der Waals surface area contributed by atoms with Crippen molar-refractivity contribution in [3.05, 3.63) is 54.5 Å². The summed E-state index contributed by atoms with van der Waals surface area (Å²) in [5.41, 5.74) is 1.18. The van der Waals surface area contributed by atoms with E-state index in [9.17, 15) is 39.8 Å². The molecule has 1 unspecified atom stereocenters. The predicted octanol–water partition coefficient (Wildman–Crippen LogP) is 3.64. The summed E-state index contributed by atoms with van der Waals surface area (Å²) in [6, 6.07) is 9.52. The molecule has 0 bridgehead atoms. The molecule has 0 amide bonds. The normalized spacial score (nSPS) is 24.2. The summed E-state index contributed by atoms with van der Waals surface area (Å²) in [5, 5.41) is 59.5. The number of rotatable bonds is 17. The number of fused-ring (bicyclic) bond motifs is 1. The highest BCUT2D eigenvalue weighted by molar-refractivity contribution is 7.52. The fourth-order valence-corrected chi connectivity index (χ4v) is 7.44. The van der Waals surface area contributed by atoms with Crippen LogP contribution in [0.2, 0.25) is 0 Å². The molecule has 18 heteroatoms. The summed E-state index contributed by atoms with van der Waals surface area (Å²) in [6.07, 6.45) is -3.39. The SMILES string of the molecule is CC(C)CCC(CCC(C)C)(C(=O)O)[C@H](NP(=O)(OC[C@@]1(F)O[C@@](C#N)(c2ccc3c(N)ncnn23)[C@H](O)[C@@H]1O)Oc1ccccc1)C(=O)O. The first-order valence-electron chi connectivity index (χ1n) is 15.9. The molecule has 50 heavy (non-hydrogen) atoms. The molecule has 1 fully saturated rings. The van der Waals surface area contributed by atoms with Gasteiger partial charge in [0.25, 0.3) is 5.85 Å². The number of nitrogens with two attached hydrogens (primary N) is 1. The summed E-state index contributed by atoms with van der Waals surface area (Å²) in [4.78, 5) is 29.7. The van der Waals surface area contributed by atoms with Crippen molar-refractivity contribution in [2.75, 3.05) is 12.3 Å². The molecule has 2 aromatic heterocycles. The van der Waals surface area contributed by atoms with E-state index >= 15 is 4.39 Å². The second-order valence-corrected chi connectivity index (χ2v) is 14.9. The lowest BCUT2D eigenvalue weighted by Crippen LogP contribution is -2.54. The Morgan fingerprint density at radius 1 is 1.12 bits per heavy atom. The van der Waals surface area contributed by atoms with Gasteiger partial charge in [0.15, 0.2) is 5.82 Å². The van der Waals surface area contributed by atoms with E-state index in [1.54, 1.807) is 12.1 Å². The van der Waals surface area contributed by atoms with Crippen LogP contribution in [0.5, 0.6) is 5.75 Å². The van der Waals surface area contributed by atoms with Gasteiger partial charge in [0, 0.05) is 0 Å². The van der Waals surface area contributed by atoms with E-state index in [0.29, 0.717) is 12.8 Å². The van der Waals surface area contributed by atoms with Gasteiger partial charge in [0.2, 0.25) is 5.60 Å². The van der Waals surface area contributed by atoms with Crippen LogP contribution in [-0.4, -0.2) is 77.7 Å². The Kier molecular flexibility index (Phi) is 11.6. The number of benzene rings is 1. The average Bonchev–Trinajstić information content (AvgIpc) is 3.58. The Morgan fingerprint density at radius 3 is 2.28 bits per heavy atom. The van der Waals surface area contributed by atoms with Crippen molar-refractivity contribution >= 4 is 31.0 Å². The summed E-state index contributed by atoms with van der Waals surface area (Å²) >= 11 is 0. The Hall–Kier alpha value is -4.17. The van der Waals surface area contributed by atoms with E-state index < -0.39 is 61.4 Å². The average molecular weight is 721 g/mol. The molecule has 0 aliphatic carbocycles. The zero-order chi connectivity index (χ0) is 37.1. The maximum absolute atomic E-state index is 16.7. The van der Waals surface area contributed by atoms with E-state index in [4.69, 9.17) is 19.5 Å². The number of ether oxygens (including phenoxy) is 1. The van der Waals surface area contributed by atoms with Crippen molar-refractivity contribution in [3.63, 3.8) is 0 Å². The van der Waals surface area contributed by atoms with Gasteiger partial charge in [-0.1, -0.05) is 45.9 Å². The van der Waals surface area contributed by atoms with Crippen LogP contribution >= 0.6 is 7.75 Å². The van der Waals surface area contributed by atoms with Crippen molar-refractivity contribution < 1.29 is 52.8 Å². The lowest BCUT2D eigenvalue weighted by molar-refractivity contribution is -0.208. The van der Waals surface area contributed by atoms with Gasteiger partial charge in [-0.15, -0.1) is 0 Å². The molecule has 1 aliphatic rings. The first kappa shape index (κ1) is 38.6. The lowest BCUT2D eigenvalue weighted by atomic mass is 9.71. The molecule has 0 saturated carbocycles. The predicted molar refractivity (Wildman–Crippen MR) is 175 cm³/mol. The van der Waals surface area contributed by atoms with Gasteiger partial charge in [-0.25, -0.2) is 18.5 Å². The first-order chi connectivity index (χ1) is 23.4. The number of aromatic nitrogens is 3. The van der Waals surface area contributed by atoms with Gasteiger partial charge < -0.3 is 35.4 Å². The minimum Gasteiger partial charge on any atom is -0.481 e. The fraction of sp³-hybridized carbons (Fsp3) is 0.531. The fourth-order valence-electron chi connectivity index (χ4n) is 5.85. The van der Waals surface area contributed by atoms with E-state index in [0.717, 1.165) is 10.8 Å². The number of nitrogens with one attached hydrogen (secondary N) is 1. The number of carbonyl (C=O) groups is 2. The molecule has 272 valence electrons. The molecule has 6 atom stereocenters. The topological polar surface area (TPSA) is 252 Å². The Bertz CT molecular complexity index is 1760. The van der Waals surface area contributed by atoms with Crippen LogP contribution in [0, 0.1) is 28.6 Å². The largest absolute Gasteiger partial charge is 0.481 e. The second kappa shape index (κ2) is 15.0. The number of nitrogens with zero attached hydrogens (tertiary/aromatic N) is 4. The van der Waals surface area contributed by atoms with Gasteiger partial charge in [-0.05, 0) is 61.8 Å². The third-order valence-electron chi connectivity index (χ3n) is 8.76. The van der Waals surface area contributed by atoms with Crippen molar-refractivity contribution in [2.45, 2.75) is 83.1 Å². The third-order valence-corrected chi connectivity index (χ3v) is 10.3. The van der Waals surface area contributed by atoms with Crippen molar-refractivity contribution in [1.82, 2.24) is 19.7 Å². The lowest BCUT2D eigenvalue weighted by Gasteiger charge is -2.38. The summed E-state index contributed by atoms with van der Waals surface area (Å²) in [5.74, 6) is -6.80. The van der Waals surface area contributed by atoms with E-state index in [1.165, 1.54) is 36.4 Å². The van der Waals surface area contributed by atoms with Crippen LogP contribution in [0.1, 0.15) is 59.1 Å². The highest BCUT2D eigenvalue weighted by atomic mass is 31.2. The molecule has 1 saturated heterocycles. The van der Waals surface area contributed by atoms with E-state index in [1.807, 2.05) is 27.7 Å². The molecule has 3 heterocycles. The molecule has 4 rings (SSSR count). The van der Waals surface area contributed by atoms with Crippen molar-refractivity contribution in [3.8, 4) is 11.8 Å². The number of aliphatic hydroxyl groups is 2. The third kappa shape index (κ3) is 7.60. The number of hydrogen-bond donors (Lipinski definition) is 6. The monoisotopic (exact) mass is 720 g/mol. The standard InChI is InChI=1S/C32H42FN6O10P/c1-19(2)12-14-30(29(44)45,15-13-20(3)4)24(28(42)43)38-50(46,48-21-8-6-5-7-9-21)47-17-32(33)26(41)25(40)31(16-34,49-32)23-11-10-22-27(35)36-18-37-39(22)23/h5-11,18-20,24-26,40-41H,12-15,17H2,1-4H3,(H,38,46)(H,42,43)(H,44,45)(H2,35,36,37)/t24-,25-,26+,31+,32-,50?/m1/s1. The number of hydrogen-bond acceptors (Lipinski definition) is 12. The molecular formula is C32H42FN6O10P. The summed E-state index contributed by atoms with van der Waals surface area (Å²) < 4.78 is 48.7. The molecule has 0 radical (unpaired) electrons. The second-order valence-electron chi connectivity index (χ2n) is 13.2. The van der Waals surface area contributed by atoms with Crippen LogP contribution in [0.3, 0.4) is 0 Å². The van der Waals surface area contributed by atoms with Gasteiger partial charge in [-0.3, -0.25) is 14.1 Å². The first-order valence-corrected chi connectivity index (χ1v) is 17.5. The molecule has 1 aliphatic heterocycles. The number of anilines is 1. The molecule has 16 nitrogen and oxygen atoms in total. The van der Waals surface area contributed by atoms with Gasteiger partial charge >= 0.3 is 19.7 Å². The van der Waals surface area contributed by atoms with Crippen LogP contribution in [0.15, 0.2) is 48.8 Å². The number of aliphatic hydroxyl groups excluding tert-OH is 2. The Balaban J connectivity index is 1.74. The Labute approximate surface area is 287 Å². The molecule has 0 spiro atoms. The Morgan fingerprint density at radius 2 is 1.74 bits per heavy atom. The van der Waals surface area contributed by atoms with Crippen LogP contribution in [0.4, 0.5) is 10.2 Å². The van der Waals surface area contributed by atoms with Crippen molar-refractivity contribution in [1.29, 1.82) is 5.26 Å². The van der Waals surface area contributed by atoms with Crippen LogP contribution in [-0.2, 0) is 29.0 Å². The summed E-state index contributed by atoms with van der Waals surface area (Å²) in [6.45, 7) is 5.87. The molecule has 1 aromatic carbocycles. The van der Waals surface area contributed by atoms with E-state index in [2.05, 4.69) is 15.2 Å². The number of carboxylic acids is 2. The highest BCUT2D eigenvalue weighted by Gasteiger charge is 2.66. The number of nitriles is 1. The smallest absolute Gasteiger partial charge is 0.459 e. The number of halogens is 1. The maximum atomic E-state index is 16.7. The minimum absolute atomic E-state index is 0.0143. The highest BCUT2D eigenvalue weighted by Crippen LogP contribution is 2.52. The number of aliphatic carboxylic acids is 2. The molecular weight excluding hydrogens is 678 g/mol. The maximum Gasteiger partial charge on any atom is 0.459 e. The number of carboxylic acid groups (broad SMARTS) is 2. The van der Waals surface area contributed by atoms with E-state index in [-0.39, 0.29) is 47.5 Å². The number of para-hydroxylation sites is 1. The van der Waals surface area contributed by atoms with Crippen molar-refractivity contribution in [2.24, 2.45) is 17.3 Å². The van der Waals surface area contributed by atoms with Crippen LogP contribution < -0.4 is 15.3 Å². The van der Waals surface area contributed by atoms with Crippen LogP contribution in [0.25, 0.3) is 5.52 Å². The zero-order valence-electron chi connectivity index (χ0n) is 28.0. The summed E-state index contributed by atoms with van der Waals surface area (Å²) in [7, 11) is -5.11. The van der Waals surface area contributed by atoms with Gasteiger partial charge in [-0.2, -0.15) is 15.4 Å².